The van der Waals surface area contributed by atoms with Gasteiger partial charge in [0.15, 0.2) is 0 Å². The molecule has 7 nitrogen and oxygen atoms in total. The Morgan fingerprint density at radius 3 is 2.36 bits per heavy atom. The van der Waals surface area contributed by atoms with Crippen molar-refractivity contribution in [3.05, 3.63) is 47.0 Å². The number of aromatic nitrogens is 3. The summed E-state index contributed by atoms with van der Waals surface area (Å²) in [5, 5.41) is 10.8. The molecule has 2 aliphatic rings. The smallest absolute Gasteiger partial charge is 0.315 e. The zero-order chi connectivity index (χ0) is 19.3. The SMILES string of the molecule is O=C(NC1CCCC1)NC1CCC(n2nc(-c3cccnc3)ccc2=O)CC1. The van der Waals surface area contributed by atoms with Crippen molar-refractivity contribution in [2.75, 3.05) is 0 Å². The monoisotopic (exact) mass is 381 g/mol. The van der Waals surface area contributed by atoms with Gasteiger partial charge in [-0.2, -0.15) is 5.10 Å². The summed E-state index contributed by atoms with van der Waals surface area (Å²) < 4.78 is 1.61. The van der Waals surface area contributed by atoms with E-state index in [1.165, 1.54) is 12.8 Å². The molecule has 2 aromatic heterocycles. The molecule has 4 rings (SSSR count). The molecule has 0 bridgehead atoms. The van der Waals surface area contributed by atoms with E-state index in [4.69, 9.17) is 0 Å². The normalized spacial score (nSPS) is 22.7. The van der Waals surface area contributed by atoms with Crippen molar-refractivity contribution in [2.24, 2.45) is 0 Å². The van der Waals surface area contributed by atoms with Gasteiger partial charge in [0.25, 0.3) is 5.56 Å². The van der Waals surface area contributed by atoms with Crippen molar-refractivity contribution in [1.82, 2.24) is 25.4 Å². The average Bonchev–Trinajstić information content (AvgIpc) is 3.22. The molecule has 28 heavy (non-hydrogen) atoms. The van der Waals surface area contributed by atoms with Crippen LogP contribution in [0.15, 0.2) is 41.5 Å². The lowest BCUT2D eigenvalue weighted by Crippen LogP contribution is -2.47. The lowest BCUT2D eigenvalue weighted by molar-refractivity contribution is 0.221. The summed E-state index contributed by atoms with van der Waals surface area (Å²) in [5.74, 6) is 0. The Kier molecular flexibility index (Phi) is 5.69. The van der Waals surface area contributed by atoms with E-state index < -0.39 is 0 Å². The van der Waals surface area contributed by atoms with E-state index in [9.17, 15) is 9.59 Å². The van der Waals surface area contributed by atoms with Crippen LogP contribution in [0.5, 0.6) is 0 Å². The van der Waals surface area contributed by atoms with Crippen LogP contribution in [0.1, 0.15) is 57.4 Å². The molecular formula is C21H27N5O2. The maximum absolute atomic E-state index is 12.4. The average molecular weight is 381 g/mol. The van der Waals surface area contributed by atoms with Gasteiger partial charge in [-0.15, -0.1) is 0 Å². The van der Waals surface area contributed by atoms with Crippen LogP contribution in [-0.2, 0) is 0 Å². The summed E-state index contributed by atoms with van der Waals surface area (Å²) in [6.45, 7) is 0. The molecule has 2 heterocycles. The van der Waals surface area contributed by atoms with E-state index in [2.05, 4.69) is 20.7 Å². The summed E-state index contributed by atoms with van der Waals surface area (Å²) in [6, 6.07) is 7.63. The standard InChI is InChI=1S/C21H27N5O2/c27-20-12-11-19(15-4-3-13-22-14-15)25-26(20)18-9-7-17(8-10-18)24-21(28)23-16-5-1-2-6-16/h3-4,11-14,16-18H,1-2,5-10H2,(H2,23,24,28). The number of carbonyl (C=O) groups is 1. The molecule has 2 aliphatic carbocycles. The fourth-order valence-corrected chi connectivity index (χ4v) is 4.30. The van der Waals surface area contributed by atoms with E-state index >= 15 is 0 Å². The molecule has 2 N–H and O–H groups in total. The zero-order valence-corrected chi connectivity index (χ0v) is 16.0. The van der Waals surface area contributed by atoms with Crippen molar-refractivity contribution in [3.63, 3.8) is 0 Å². The topological polar surface area (TPSA) is 88.9 Å². The molecule has 7 heteroatoms. The Bertz CT molecular complexity index is 853. The second-order valence-electron chi connectivity index (χ2n) is 7.85. The summed E-state index contributed by atoms with van der Waals surface area (Å²) in [7, 11) is 0. The predicted octanol–water partition coefficient (Wildman–Crippen LogP) is 3.03. The lowest BCUT2D eigenvalue weighted by Gasteiger charge is -2.30. The molecule has 0 aromatic carbocycles. The highest BCUT2D eigenvalue weighted by molar-refractivity contribution is 5.74. The molecule has 148 valence electrons. The highest BCUT2D eigenvalue weighted by Crippen LogP contribution is 2.27. The highest BCUT2D eigenvalue weighted by atomic mass is 16.2. The van der Waals surface area contributed by atoms with Crippen LogP contribution in [0.4, 0.5) is 4.79 Å². The van der Waals surface area contributed by atoms with Crippen LogP contribution in [0, 0.1) is 0 Å². The van der Waals surface area contributed by atoms with Gasteiger partial charge in [0, 0.05) is 36.1 Å². The van der Waals surface area contributed by atoms with Crippen molar-refractivity contribution in [2.45, 2.75) is 69.5 Å². The minimum Gasteiger partial charge on any atom is -0.335 e. The van der Waals surface area contributed by atoms with Crippen LogP contribution in [0.3, 0.4) is 0 Å². The minimum atomic E-state index is -0.0805. The number of nitrogens with zero attached hydrogens (tertiary/aromatic N) is 3. The summed E-state index contributed by atoms with van der Waals surface area (Å²) >= 11 is 0. The summed E-state index contributed by atoms with van der Waals surface area (Å²) in [4.78, 5) is 28.7. The van der Waals surface area contributed by atoms with Crippen molar-refractivity contribution < 1.29 is 4.79 Å². The predicted molar refractivity (Wildman–Crippen MR) is 107 cm³/mol. The number of carbonyl (C=O) groups excluding carboxylic acids is 1. The largest absolute Gasteiger partial charge is 0.335 e. The minimum absolute atomic E-state index is 0.0517. The Labute approximate surface area is 164 Å². The van der Waals surface area contributed by atoms with Gasteiger partial charge < -0.3 is 10.6 Å². The summed E-state index contributed by atoms with van der Waals surface area (Å²) in [5.41, 5.74) is 1.57. The van der Waals surface area contributed by atoms with E-state index in [1.807, 2.05) is 12.1 Å². The van der Waals surface area contributed by atoms with E-state index in [0.717, 1.165) is 49.8 Å². The Balaban J connectivity index is 1.36. The third-order valence-electron chi connectivity index (χ3n) is 5.85. The molecule has 0 saturated heterocycles. The fraction of sp³-hybridized carbons (Fsp3) is 0.524. The number of hydrogen-bond acceptors (Lipinski definition) is 4. The number of rotatable bonds is 4. The van der Waals surface area contributed by atoms with Crippen LogP contribution in [-0.4, -0.2) is 32.9 Å². The Hall–Kier alpha value is -2.70. The van der Waals surface area contributed by atoms with Crippen LogP contribution < -0.4 is 16.2 Å². The van der Waals surface area contributed by atoms with Crippen LogP contribution in [0.2, 0.25) is 0 Å². The Morgan fingerprint density at radius 2 is 1.68 bits per heavy atom. The van der Waals surface area contributed by atoms with Gasteiger partial charge in [-0.25, -0.2) is 9.48 Å². The number of pyridine rings is 1. The third kappa shape index (κ3) is 4.40. The first-order chi connectivity index (χ1) is 13.7. The zero-order valence-electron chi connectivity index (χ0n) is 16.0. The first-order valence-electron chi connectivity index (χ1n) is 10.3. The molecule has 2 fully saturated rings. The second kappa shape index (κ2) is 8.54. The first-order valence-corrected chi connectivity index (χ1v) is 10.3. The number of nitrogens with one attached hydrogen (secondary N) is 2. The quantitative estimate of drug-likeness (QED) is 0.852. The van der Waals surface area contributed by atoms with E-state index in [0.29, 0.717) is 6.04 Å². The fourth-order valence-electron chi connectivity index (χ4n) is 4.30. The Morgan fingerprint density at radius 1 is 0.964 bits per heavy atom. The van der Waals surface area contributed by atoms with E-state index in [-0.39, 0.29) is 23.7 Å². The summed E-state index contributed by atoms with van der Waals surface area (Å²) in [6.07, 6.45) is 11.4. The van der Waals surface area contributed by atoms with Gasteiger partial charge in [0.2, 0.25) is 0 Å². The maximum Gasteiger partial charge on any atom is 0.315 e. The molecule has 0 atom stereocenters. The van der Waals surface area contributed by atoms with Gasteiger partial charge in [-0.3, -0.25) is 9.78 Å². The van der Waals surface area contributed by atoms with Crippen molar-refractivity contribution in [1.29, 1.82) is 0 Å². The second-order valence-corrected chi connectivity index (χ2v) is 7.85. The molecule has 0 radical (unpaired) electrons. The number of urea groups is 1. The van der Waals surface area contributed by atoms with Gasteiger partial charge in [0.05, 0.1) is 11.7 Å². The van der Waals surface area contributed by atoms with Crippen molar-refractivity contribution in [3.8, 4) is 11.3 Å². The van der Waals surface area contributed by atoms with E-state index in [1.54, 1.807) is 29.2 Å². The van der Waals surface area contributed by atoms with Crippen LogP contribution >= 0.6 is 0 Å². The maximum atomic E-state index is 12.4. The molecular weight excluding hydrogens is 354 g/mol. The molecule has 0 spiro atoms. The third-order valence-corrected chi connectivity index (χ3v) is 5.85. The molecule has 2 amide bonds. The van der Waals surface area contributed by atoms with Crippen LogP contribution in [0.25, 0.3) is 11.3 Å². The van der Waals surface area contributed by atoms with Gasteiger partial charge in [-0.05, 0) is 56.7 Å². The number of amides is 2. The molecule has 2 aromatic rings. The molecule has 2 saturated carbocycles. The molecule has 0 aliphatic heterocycles. The van der Waals surface area contributed by atoms with Crippen molar-refractivity contribution >= 4 is 6.03 Å². The highest BCUT2D eigenvalue weighted by Gasteiger charge is 2.26. The van der Waals surface area contributed by atoms with Gasteiger partial charge in [-0.1, -0.05) is 12.8 Å². The molecule has 0 unspecified atom stereocenters. The van der Waals surface area contributed by atoms with Gasteiger partial charge >= 0.3 is 6.03 Å². The lowest BCUT2D eigenvalue weighted by atomic mass is 9.91. The first kappa shape index (κ1) is 18.7. The number of hydrogen-bond donors (Lipinski definition) is 2. The van der Waals surface area contributed by atoms with Gasteiger partial charge in [0.1, 0.15) is 0 Å².